The van der Waals surface area contributed by atoms with Gasteiger partial charge in [0.05, 0.1) is 0 Å². The first-order valence-corrected chi connectivity index (χ1v) is 8.92. The minimum absolute atomic E-state index is 0.00764. The Labute approximate surface area is 163 Å². The number of nitrogens with zero attached hydrogens (tertiary/aromatic N) is 2. The van der Waals surface area contributed by atoms with Crippen LogP contribution in [0.25, 0.3) is 11.5 Å². The van der Waals surface area contributed by atoms with Crippen molar-refractivity contribution in [2.75, 3.05) is 5.32 Å². The van der Waals surface area contributed by atoms with Crippen molar-refractivity contribution in [2.24, 2.45) is 0 Å². The Kier molecular flexibility index (Phi) is 5.58. The number of aromatic nitrogens is 2. The van der Waals surface area contributed by atoms with Crippen LogP contribution >= 0.6 is 27.5 Å². The van der Waals surface area contributed by atoms with Crippen LogP contribution in [0.4, 0.5) is 6.01 Å². The van der Waals surface area contributed by atoms with Crippen molar-refractivity contribution >= 4 is 39.5 Å². The molecule has 8 heteroatoms. The molecule has 1 unspecified atom stereocenters. The third kappa shape index (κ3) is 4.42. The zero-order chi connectivity index (χ0) is 18.7. The highest BCUT2D eigenvalue weighted by molar-refractivity contribution is 9.10. The van der Waals surface area contributed by atoms with Gasteiger partial charge in [0.1, 0.15) is 5.75 Å². The first kappa shape index (κ1) is 18.4. The predicted octanol–water partition coefficient (Wildman–Crippen LogP) is 4.87. The number of anilines is 1. The fourth-order valence-electron chi connectivity index (χ4n) is 2.21. The van der Waals surface area contributed by atoms with Crippen LogP contribution in [0.3, 0.4) is 0 Å². The number of carbonyl (C=O) groups is 1. The number of ether oxygens (including phenoxy) is 1. The van der Waals surface area contributed by atoms with Crippen LogP contribution in [0.1, 0.15) is 12.5 Å². The molecule has 1 heterocycles. The van der Waals surface area contributed by atoms with Crippen molar-refractivity contribution in [1.29, 1.82) is 0 Å². The average molecular weight is 437 g/mol. The summed E-state index contributed by atoms with van der Waals surface area (Å²) in [6.45, 7) is 3.49. The Balaban J connectivity index is 1.66. The van der Waals surface area contributed by atoms with E-state index in [4.69, 9.17) is 20.8 Å². The molecule has 0 aliphatic carbocycles. The maximum atomic E-state index is 12.3. The van der Waals surface area contributed by atoms with Gasteiger partial charge in [0, 0.05) is 15.1 Å². The molecule has 1 amide bonds. The van der Waals surface area contributed by atoms with E-state index in [0.717, 1.165) is 15.6 Å². The number of hydrogen-bond donors (Lipinski definition) is 1. The molecule has 3 aromatic rings. The summed E-state index contributed by atoms with van der Waals surface area (Å²) in [4.78, 5) is 12.3. The summed E-state index contributed by atoms with van der Waals surface area (Å²) >= 11 is 9.30. The van der Waals surface area contributed by atoms with E-state index in [0.29, 0.717) is 16.7 Å². The number of nitrogens with one attached hydrogen (secondary N) is 1. The monoisotopic (exact) mass is 435 g/mol. The van der Waals surface area contributed by atoms with Gasteiger partial charge in [-0.15, -0.1) is 5.10 Å². The first-order chi connectivity index (χ1) is 12.4. The SMILES string of the molecule is Cc1cc(Cl)ccc1OC(C)C(=O)Nc1nnc(-c2cccc(Br)c2)o1. The van der Waals surface area contributed by atoms with Crippen molar-refractivity contribution in [3.8, 4) is 17.2 Å². The van der Waals surface area contributed by atoms with E-state index in [9.17, 15) is 4.79 Å². The van der Waals surface area contributed by atoms with Gasteiger partial charge in [-0.1, -0.05) is 38.7 Å². The second kappa shape index (κ2) is 7.88. The van der Waals surface area contributed by atoms with Crippen LogP contribution in [0.2, 0.25) is 5.02 Å². The average Bonchev–Trinajstić information content (AvgIpc) is 3.06. The second-order valence-corrected chi connectivity index (χ2v) is 6.93. The van der Waals surface area contributed by atoms with E-state index in [1.54, 1.807) is 25.1 Å². The Morgan fingerprint density at radius 1 is 1.27 bits per heavy atom. The van der Waals surface area contributed by atoms with Crippen molar-refractivity contribution in [1.82, 2.24) is 10.2 Å². The summed E-state index contributed by atoms with van der Waals surface area (Å²) in [5, 5.41) is 10.9. The maximum Gasteiger partial charge on any atom is 0.322 e. The van der Waals surface area contributed by atoms with Gasteiger partial charge in [-0.05, 0) is 55.8 Å². The van der Waals surface area contributed by atoms with Gasteiger partial charge < -0.3 is 9.15 Å². The molecule has 0 radical (unpaired) electrons. The molecule has 0 aliphatic heterocycles. The highest BCUT2D eigenvalue weighted by atomic mass is 79.9. The van der Waals surface area contributed by atoms with E-state index in [1.807, 2.05) is 31.2 Å². The smallest absolute Gasteiger partial charge is 0.322 e. The van der Waals surface area contributed by atoms with E-state index < -0.39 is 12.0 Å². The topological polar surface area (TPSA) is 77.2 Å². The lowest BCUT2D eigenvalue weighted by atomic mass is 10.2. The summed E-state index contributed by atoms with van der Waals surface area (Å²) in [6.07, 6.45) is -0.754. The lowest BCUT2D eigenvalue weighted by molar-refractivity contribution is -0.122. The van der Waals surface area contributed by atoms with E-state index in [2.05, 4.69) is 31.4 Å². The molecule has 0 spiro atoms. The number of carbonyl (C=O) groups excluding carboxylic acids is 1. The Bertz CT molecular complexity index is 945. The fourth-order valence-corrected chi connectivity index (χ4v) is 2.83. The van der Waals surface area contributed by atoms with Crippen molar-refractivity contribution in [2.45, 2.75) is 20.0 Å². The first-order valence-electron chi connectivity index (χ1n) is 7.75. The zero-order valence-electron chi connectivity index (χ0n) is 14.0. The molecule has 0 saturated carbocycles. The molecule has 0 aliphatic rings. The van der Waals surface area contributed by atoms with Gasteiger partial charge in [0.15, 0.2) is 6.10 Å². The second-order valence-electron chi connectivity index (χ2n) is 5.58. The largest absolute Gasteiger partial charge is 0.481 e. The fraction of sp³-hybridized carbons (Fsp3) is 0.167. The van der Waals surface area contributed by atoms with E-state index in [-0.39, 0.29) is 6.01 Å². The number of amides is 1. The van der Waals surface area contributed by atoms with Crippen LogP contribution in [0.5, 0.6) is 5.75 Å². The minimum atomic E-state index is -0.754. The number of halogens is 2. The molecular formula is C18H15BrClN3O3. The van der Waals surface area contributed by atoms with Crippen LogP contribution in [-0.2, 0) is 4.79 Å². The molecular weight excluding hydrogens is 422 g/mol. The van der Waals surface area contributed by atoms with Crippen molar-refractivity contribution < 1.29 is 13.9 Å². The van der Waals surface area contributed by atoms with Crippen LogP contribution in [0, 0.1) is 6.92 Å². The normalized spacial score (nSPS) is 11.8. The van der Waals surface area contributed by atoms with Gasteiger partial charge in [0.2, 0.25) is 5.89 Å². The maximum absolute atomic E-state index is 12.3. The van der Waals surface area contributed by atoms with Crippen LogP contribution in [0.15, 0.2) is 51.4 Å². The minimum Gasteiger partial charge on any atom is -0.481 e. The number of rotatable bonds is 5. The molecule has 2 aromatic carbocycles. The summed E-state index contributed by atoms with van der Waals surface area (Å²) in [5.41, 5.74) is 1.58. The van der Waals surface area contributed by atoms with Crippen LogP contribution < -0.4 is 10.1 Å². The van der Waals surface area contributed by atoms with E-state index in [1.165, 1.54) is 0 Å². The Morgan fingerprint density at radius 2 is 2.08 bits per heavy atom. The standard InChI is InChI=1S/C18H15BrClN3O3/c1-10-8-14(20)6-7-15(10)25-11(2)16(24)21-18-23-22-17(26-18)12-4-3-5-13(19)9-12/h3-9,11H,1-2H3,(H,21,23,24). The molecule has 0 saturated heterocycles. The summed E-state index contributed by atoms with van der Waals surface area (Å²) in [5.74, 6) is 0.491. The van der Waals surface area contributed by atoms with Gasteiger partial charge >= 0.3 is 6.01 Å². The molecule has 0 fully saturated rings. The Hall–Kier alpha value is -2.38. The zero-order valence-corrected chi connectivity index (χ0v) is 16.3. The third-order valence-electron chi connectivity index (χ3n) is 3.54. The molecule has 134 valence electrons. The van der Waals surface area contributed by atoms with Crippen molar-refractivity contribution in [3.63, 3.8) is 0 Å². The predicted molar refractivity (Wildman–Crippen MR) is 102 cm³/mol. The number of hydrogen-bond acceptors (Lipinski definition) is 5. The molecule has 1 aromatic heterocycles. The quantitative estimate of drug-likeness (QED) is 0.617. The van der Waals surface area contributed by atoms with Crippen LogP contribution in [-0.4, -0.2) is 22.2 Å². The summed E-state index contributed by atoms with van der Waals surface area (Å²) < 4.78 is 12.0. The number of benzene rings is 2. The highest BCUT2D eigenvalue weighted by Crippen LogP contribution is 2.24. The highest BCUT2D eigenvalue weighted by Gasteiger charge is 2.19. The molecule has 1 N–H and O–H groups in total. The number of aryl methyl sites for hydroxylation is 1. The van der Waals surface area contributed by atoms with Gasteiger partial charge in [-0.2, -0.15) is 0 Å². The summed E-state index contributed by atoms with van der Waals surface area (Å²) in [7, 11) is 0. The summed E-state index contributed by atoms with van der Waals surface area (Å²) in [6, 6.07) is 12.6. The molecule has 1 atom stereocenters. The van der Waals surface area contributed by atoms with E-state index >= 15 is 0 Å². The van der Waals surface area contributed by atoms with Gasteiger partial charge in [-0.3, -0.25) is 10.1 Å². The lowest BCUT2D eigenvalue weighted by Crippen LogP contribution is -2.30. The molecule has 6 nitrogen and oxygen atoms in total. The lowest BCUT2D eigenvalue weighted by Gasteiger charge is -2.15. The van der Waals surface area contributed by atoms with Gasteiger partial charge in [-0.25, -0.2) is 0 Å². The third-order valence-corrected chi connectivity index (χ3v) is 4.26. The van der Waals surface area contributed by atoms with Gasteiger partial charge in [0.25, 0.3) is 5.91 Å². The Morgan fingerprint density at radius 3 is 2.81 bits per heavy atom. The molecule has 3 rings (SSSR count). The molecule has 26 heavy (non-hydrogen) atoms. The van der Waals surface area contributed by atoms with Crippen molar-refractivity contribution in [3.05, 3.63) is 57.5 Å². The molecule has 0 bridgehead atoms.